The summed E-state index contributed by atoms with van der Waals surface area (Å²) in [4.78, 5) is 0. The summed E-state index contributed by atoms with van der Waals surface area (Å²) in [6.45, 7) is 3.48. The molecule has 1 atom stereocenters. The SMILES string of the molecule is CCC1(CNC)CCc2ccccc2C1. The molecule has 0 saturated carbocycles. The van der Waals surface area contributed by atoms with Gasteiger partial charge in [-0.3, -0.25) is 0 Å². The molecule has 0 aliphatic heterocycles. The van der Waals surface area contributed by atoms with Crippen molar-refractivity contribution >= 4 is 0 Å². The lowest BCUT2D eigenvalue weighted by molar-refractivity contribution is 0.229. The lowest BCUT2D eigenvalue weighted by atomic mass is 9.70. The van der Waals surface area contributed by atoms with Gasteiger partial charge in [0.1, 0.15) is 0 Å². The van der Waals surface area contributed by atoms with Crippen LogP contribution in [0.4, 0.5) is 0 Å². The molecule has 0 bridgehead atoms. The first-order valence-electron chi connectivity index (χ1n) is 6.01. The number of nitrogens with one attached hydrogen (secondary N) is 1. The van der Waals surface area contributed by atoms with E-state index in [1.165, 1.54) is 25.7 Å². The van der Waals surface area contributed by atoms with E-state index in [0.29, 0.717) is 5.41 Å². The number of rotatable bonds is 3. The largest absolute Gasteiger partial charge is 0.319 e. The minimum Gasteiger partial charge on any atom is -0.319 e. The van der Waals surface area contributed by atoms with E-state index < -0.39 is 0 Å². The summed E-state index contributed by atoms with van der Waals surface area (Å²) in [6.07, 6.45) is 5.12. The Labute approximate surface area is 92.9 Å². The molecule has 1 aliphatic rings. The Bertz CT molecular complexity index is 332. The maximum Gasteiger partial charge on any atom is 0.000801 e. The highest BCUT2D eigenvalue weighted by Gasteiger charge is 2.31. The second-order valence-electron chi connectivity index (χ2n) is 4.83. The highest BCUT2D eigenvalue weighted by Crippen LogP contribution is 2.37. The van der Waals surface area contributed by atoms with Gasteiger partial charge in [-0.15, -0.1) is 0 Å². The van der Waals surface area contributed by atoms with Gasteiger partial charge in [-0.25, -0.2) is 0 Å². The molecule has 1 aromatic rings. The van der Waals surface area contributed by atoms with Crippen molar-refractivity contribution in [2.75, 3.05) is 13.6 Å². The maximum absolute atomic E-state index is 3.36. The standard InChI is InChI=1S/C14H21N/c1-3-14(11-15-2)9-8-12-6-4-5-7-13(12)10-14/h4-7,15H,3,8-11H2,1-2H3. The topological polar surface area (TPSA) is 12.0 Å². The van der Waals surface area contributed by atoms with E-state index in [1.54, 1.807) is 11.1 Å². The van der Waals surface area contributed by atoms with Crippen LogP contribution in [0.2, 0.25) is 0 Å². The molecule has 1 heteroatoms. The van der Waals surface area contributed by atoms with Gasteiger partial charge in [0, 0.05) is 6.54 Å². The van der Waals surface area contributed by atoms with Gasteiger partial charge in [-0.05, 0) is 49.3 Å². The Hall–Kier alpha value is -0.820. The number of hydrogen-bond donors (Lipinski definition) is 1. The van der Waals surface area contributed by atoms with Crippen LogP contribution in [-0.4, -0.2) is 13.6 Å². The molecule has 0 heterocycles. The fraction of sp³-hybridized carbons (Fsp3) is 0.571. The van der Waals surface area contributed by atoms with E-state index in [2.05, 4.69) is 43.6 Å². The van der Waals surface area contributed by atoms with Crippen LogP contribution in [0, 0.1) is 5.41 Å². The van der Waals surface area contributed by atoms with E-state index in [9.17, 15) is 0 Å². The molecule has 0 spiro atoms. The van der Waals surface area contributed by atoms with Crippen LogP contribution in [0.1, 0.15) is 30.9 Å². The minimum atomic E-state index is 0.503. The quantitative estimate of drug-likeness (QED) is 0.796. The van der Waals surface area contributed by atoms with E-state index in [4.69, 9.17) is 0 Å². The molecule has 1 aromatic carbocycles. The lowest BCUT2D eigenvalue weighted by Crippen LogP contribution is -2.37. The molecule has 1 unspecified atom stereocenters. The van der Waals surface area contributed by atoms with Crippen LogP contribution in [0.25, 0.3) is 0 Å². The van der Waals surface area contributed by atoms with Crippen molar-refractivity contribution in [2.24, 2.45) is 5.41 Å². The molecule has 1 nitrogen and oxygen atoms in total. The zero-order valence-electron chi connectivity index (χ0n) is 9.84. The van der Waals surface area contributed by atoms with Crippen molar-refractivity contribution in [3.63, 3.8) is 0 Å². The first kappa shape index (κ1) is 10.7. The van der Waals surface area contributed by atoms with Crippen LogP contribution in [-0.2, 0) is 12.8 Å². The Kier molecular flexibility index (Phi) is 3.11. The van der Waals surface area contributed by atoms with E-state index >= 15 is 0 Å². The Morgan fingerprint density at radius 1 is 1.27 bits per heavy atom. The van der Waals surface area contributed by atoms with Gasteiger partial charge in [0.05, 0.1) is 0 Å². The fourth-order valence-electron chi connectivity index (χ4n) is 2.82. The molecule has 1 N–H and O–H groups in total. The zero-order chi connectivity index (χ0) is 10.7. The van der Waals surface area contributed by atoms with Crippen LogP contribution in [0.15, 0.2) is 24.3 Å². The first-order chi connectivity index (χ1) is 7.29. The molecular formula is C14H21N. The van der Waals surface area contributed by atoms with Crippen LogP contribution >= 0.6 is 0 Å². The number of benzene rings is 1. The molecule has 0 radical (unpaired) electrons. The van der Waals surface area contributed by atoms with E-state index in [0.717, 1.165) is 6.54 Å². The molecule has 2 rings (SSSR count). The third kappa shape index (κ3) is 2.07. The van der Waals surface area contributed by atoms with Crippen molar-refractivity contribution in [3.8, 4) is 0 Å². The molecule has 0 aromatic heterocycles. The second kappa shape index (κ2) is 4.36. The van der Waals surface area contributed by atoms with Gasteiger partial charge >= 0.3 is 0 Å². The monoisotopic (exact) mass is 203 g/mol. The summed E-state index contributed by atoms with van der Waals surface area (Å²) < 4.78 is 0. The van der Waals surface area contributed by atoms with Crippen molar-refractivity contribution in [1.29, 1.82) is 0 Å². The highest BCUT2D eigenvalue weighted by atomic mass is 14.8. The summed E-state index contributed by atoms with van der Waals surface area (Å²) in [5, 5.41) is 3.36. The van der Waals surface area contributed by atoms with E-state index in [1.807, 2.05) is 0 Å². The van der Waals surface area contributed by atoms with Gasteiger partial charge in [0.25, 0.3) is 0 Å². The molecular weight excluding hydrogens is 182 g/mol. The third-order valence-electron chi connectivity index (χ3n) is 3.91. The van der Waals surface area contributed by atoms with Crippen molar-refractivity contribution < 1.29 is 0 Å². The first-order valence-corrected chi connectivity index (χ1v) is 6.01. The third-order valence-corrected chi connectivity index (χ3v) is 3.91. The van der Waals surface area contributed by atoms with Gasteiger partial charge in [0.2, 0.25) is 0 Å². The maximum atomic E-state index is 3.36. The van der Waals surface area contributed by atoms with Gasteiger partial charge in [-0.2, -0.15) is 0 Å². The van der Waals surface area contributed by atoms with Crippen LogP contribution in [0.5, 0.6) is 0 Å². The Balaban J connectivity index is 2.22. The molecule has 0 amide bonds. The molecule has 0 fully saturated rings. The smallest absolute Gasteiger partial charge is 0.000801 e. The Morgan fingerprint density at radius 2 is 2.00 bits per heavy atom. The molecule has 15 heavy (non-hydrogen) atoms. The van der Waals surface area contributed by atoms with Gasteiger partial charge in [0.15, 0.2) is 0 Å². The zero-order valence-corrected chi connectivity index (χ0v) is 9.84. The highest BCUT2D eigenvalue weighted by molar-refractivity contribution is 5.31. The second-order valence-corrected chi connectivity index (χ2v) is 4.83. The summed E-state index contributed by atoms with van der Waals surface area (Å²) >= 11 is 0. The predicted molar refractivity (Wildman–Crippen MR) is 65.1 cm³/mol. The predicted octanol–water partition coefficient (Wildman–Crippen LogP) is 2.79. The summed E-state index contributed by atoms with van der Waals surface area (Å²) in [5.41, 5.74) is 3.64. The van der Waals surface area contributed by atoms with Gasteiger partial charge < -0.3 is 5.32 Å². The molecule has 1 aliphatic carbocycles. The van der Waals surface area contributed by atoms with Crippen molar-refractivity contribution in [3.05, 3.63) is 35.4 Å². The molecule has 82 valence electrons. The summed E-state index contributed by atoms with van der Waals surface area (Å²) in [5.74, 6) is 0. The normalized spacial score (nSPS) is 24.9. The number of fused-ring (bicyclic) bond motifs is 1. The minimum absolute atomic E-state index is 0.503. The van der Waals surface area contributed by atoms with Crippen LogP contribution in [0.3, 0.4) is 0 Å². The van der Waals surface area contributed by atoms with E-state index in [-0.39, 0.29) is 0 Å². The van der Waals surface area contributed by atoms with Gasteiger partial charge in [-0.1, -0.05) is 31.2 Å². The average Bonchev–Trinajstić information content (AvgIpc) is 2.29. The average molecular weight is 203 g/mol. The lowest BCUT2D eigenvalue weighted by Gasteiger charge is -2.37. The van der Waals surface area contributed by atoms with Crippen molar-refractivity contribution in [1.82, 2.24) is 5.32 Å². The number of hydrogen-bond acceptors (Lipinski definition) is 1. The fourth-order valence-corrected chi connectivity index (χ4v) is 2.82. The summed E-state index contributed by atoms with van der Waals surface area (Å²) in [6, 6.07) is 8.92. The number of aryl methyl sites for hydroxylation is 1. The Morgan fingerprint density at radius 3 is 2.67 bits per heavy atom. The molecule has 0 saturated heterocycles. The summed E-state index contributed by atoms with van der Waals surface area (Å²) in [7, 11) is 2.07. The van der Waals surface area contributed by atoms with Crippen molar-refractivity contribution in [2.45, 2.75) is 32.6 Å². The van der Waals surface area contributed by atoms with Crippen LogP contribution < -0.4 is 5.32 Å².